The lowest BCUT2D eigenvalue weighted by atomic mass is 10.2. The Labute approximate surface area is 193 Å². The number of anilines is 1. The van der Waals surface area contributed by atoms with Gasteiger partial charge in [0.05, 0.1) is 11.6 Å². The van der Waals surface area contributed by atoms with Gasteiger partial charge in [-0.1, -0.05) is 59.1 Å². The SMILES string of the molecule is O=C(Nc1nn(Cc2ccc(Cl)cc2)cc1Cl)c1ccc(COc2ccccc2Cl)o1. The molecule has 0 aliphatic heterocycles. The van der Waals surface area contributed by atoms with Gasteiger partial charge in [-0.2, -0.15) is 5.10 Å². The number of hydrogen-bond donors (Lipinski definition) is 1. The summed E-state index contributed by atoms with van der Waals surface area (Å²) in [5.74, 6) is 0.892. The van der Waals surface area contributed by atoms with Crippen LogP contribution in [0, 0.1) is 0 Å². The van der Waals surface area contributed by atoms with Gasteiger partial charge >= 0.3 is 0 Å². The zero-order valence-electron chi connectivity index (χ0n) is 16.0. The van der Waals surface area contributed by atoms with Crippen LogP contribution in [0.25, 0.3) is 0 Å². The van der Waals surface area contributed by atoms with E-state index in [0.717, 1.165) is 5.56 Å². The van der Waals surface area contributed by atoms with Gasteiger partial charge in [0.25, 0.3) is 5.91 Å². The van der Waals surface area contributed by atoms with Crippen molar-refractivity contribution in [2.45, 2.75) is 13.2 Å². The zero-order valence-corrected chi connectivity index (χ0v) is 18.3. The van der Waals surface area contributed by atoms with E-state index in [9.17, 15) is 4.79 Å². The third-order valence-electron chi connectivity index (χ3n) is 4.30. The average molecular weight is 477 g/mol. The topological polar surface area (TPSA) is 69.3 Å². The molecule has 0 aliphatic carbocycles. The van der Waals surface area contributed by atoms with E-state index < -0.39 is 5.91 Å². The molecule has 0 unspecified atom stereocenters. The van der Waals surface area contributed by atoms with Gasteiger partial charge in [0, 0.05) is 11.2 Å². The number of nitrogens with one attached hydrogen (secondary N) is 1. The first-order valence-electron chi connectivity index (χ1n) is 9.23. The maximum atomic E-state index is 12.5. The summed E-state index contributed by atoms with van der Waals surface area (Å²) < 4.78 is 12.8. The van der Waals surface area contributed by atoms with Crippen molar-refractivity contribution in [1.29, 1.82) is 0 Å². The first kappa shape index (κ1) is 21.3. The van der Waals surface area contributed by atoms with Crippen molar-refractivity contribution in [2.75, 3.05) is 5.32 Å². The highest BCUT2D eigenvalue weighted by atomic mass is 35.5. The second kappa shape index (κ2) is 9.47. The largest absolute Gasteiger partial charge is 0.484 e. The molecule has 1 amide bonds. The van der Waals surface area contributed by atoms with Crippen molar-refractivity contribution >= 4 is 46.5 Å². The monoisotopic (exact) mass is 475 g/mol. The molecule has 1 N–H and O–H groups in total. The number of benzene rings is 2. The minimum absolute atomic E-state index is 0.112. The summed E-state index contributed by atoms with van der Waals surface area (Å²) in [7, 11) is 0. The fraction of sp³-hybridized carbons (Fsp3) is 0.0909. The van der Waals surface area contributed by atoms with E-state index in [-0.39, 0.29) is 18.2 Å². The highest BCUT2D eigenvalue weighted by Gasteiger charge is 2.16. The number of furan rings is 1. The number of ether oxygens (including phenoxy) is 1. The van der Waals surface area contributed by atoms with E-state index in [1.54, 1.807) is 47.3 Å². The molecule has 4 rings (SSSR count). The van der Waals surface area contributed by atoms with Gasteiger partial charge in [-0.05, 0) is 42.0 Å². The van der Waals surface area contributed by atoms with Gasteiger partial charge < -0.3 is 14.5 Å². The Kier molecular flexibility index (Phi) is 6.51. The lowest BCUT2D eigenvalue weighted by Gasteiger charge is -2.05. The second-order valence-electron chi connectivity index (χ2n) is 6.59. The summed E-state index contributed by atoms with van der Waals surface area (Å²) in [5, 5.41) is 8.45. The molecule has 158 valence electrons. The molecule has 31 heavy (non-hydrogen) atoms. The molecule has 2 aromatic carbocycles. The van der Waals surface area contributed by atoms with E-state index in [0.29, 0.717) is 33.1 Å². The number of nitrogens with zero attached hydrogens (tertiary/aromatic N) is 2. The minimum atomic E-state index is -0.470. The van der Waals surface area contributed by atoms with Gasteiger partial charge in [0.2, 0.25) is 0 Å². The molecular weight excluding hydrogens is 461 g/mol. The normalized spacial score (nSPS) is 10.8. The third kappa shape index (κ3) is 5.41. The number of carbonyl (C=O) groups is 1. The molecule has 0 fully saturated rings. The summed E-state index contributed by atoms with van der Waals surface area (Å²) in [5.41, 5.74) is 0.996. The van der Waals surface area contributed by atoms with Crippen LogP contribution in [0.1, 0.15) is 21.9 Å². The number of amides is 1. The molecule has 0 aliphatic rings. The van der Waals surface area contributed by atoms with Crippen LogP contribution in [0.5, 0.6) is 5.75 Å². The van der Waals surface area contributed by atoms with E-state index in [4.69, 9.17) is 44.0 Å². The molecule has 0 spiro atoms. The maximum Gasteiger partial charge on any atom is 0.292 e. The van der Waals surface area contributed by atoms with E-state index in [2.05, 4.69) is 10.4 Å². The van der Waals surface area contributed by atoms with Crippen molar-refractivity contribution in [3.63, 3.8) is 0 Å². The van der Waals surface area contributed by atoms with Crippen LogP contribution in [0.3, 0.4) is 0 Å². The van der Waals surface area contributed by atoms with Gasteiger partial charge in [-0.25, -0.2) is 0 Å². The zero-order chi connectivity index (χ0) is 21.8. The number of para-hydroxylation sites is 1. The summed E-state index contributed by atoms with van der Waals surface area (Å²) in [6.07, 6.45) is 1.64. The molecule has 0 saturated heterocycles. The number of hydrogen-bond acceptors (Lipinski definition) is 4. The summed E-state index contributed by atoms with van der Waals surface area (Å²) in [6.45, 7) is 0.616. The molecule has 2 aromatic heterocycles. The quantitative estimate of drug-likeness (QED) is 0.339. The van der Waals surface area contributed by atoms with Crippen molar-refractivity contribution in [1.82, 2.24) is 9.78 Å². The lowest BCUT2D eigenvalue weighted by molar-refractivity contribution is 0.0992. The number of rotatable bonds is 7. The molecule has 2 heterocycles. The Morgan fingerprint density at radius 1 is 1.00 bits per heavy atom. The Morgan fingerprint density at radius 2 is 1.77 bits per heavy atom. The first-order chi connectivity index (χ1) is 15.0. The molecule has 0 radical (unpaired) electrons. The molecule has 9 heteroatoms. The highest BCUT2D eigenvalue weighted by Crippen LogP contribution is 2.25. The van der Waals surface area contributed by atoms with Crippen molar-refractivity contribution < 1.29 is 13.9 Å². The van der Waals surface area contributed by atoms with Crippen molar-refractivity contribution in [3.8, 4) is 5.75 Å². The Hall–Kier alpha value is -2.93. The number of aromatic nitrogens is 2. The van der Waals surface area contributed by atoms with E-state index >= 15 is 0 Å². The summed E-state index contributed by atoms with van der Waals surface area (Å²) in [6, 6.07) is 17.7. The molecule has 0 bridgehead atoms. The molecule has 0 atom stereocenters. The molecule has 6 nitrogen and oxygen atoms in total. The predicted octanol–water partition coefficient (Wildman–Crippen LogP) is 6.32. The van der Waals surface area contributed by atoms with Gasteiger partial charge in [-0.15, -0.1) is 0 Å². The van der Waals surface area contributed by atoms with Gasteiger partial charge in [0.1, 0.15) is 23.1 Å². The van der Waals surface area contributed by atoms with Crippen LogP contribution in [0.4, 0.5) is 5.82 Å². The summed E-state index contributed by atoms with van der Waals surface area (Å²) >= 11 is 18.2. The molecular formula is C22H16Cl3N3O3. The molecule has 4 aromatic rings. The number of halogens is 3. The van der Waals surface area contributed by atoms with Crippen LogP contribution in [0.2, 0.25) is 15.1 Å². The van der Waals surface area contributed by atoms with E-state index in [1.165, 1.54) is 0 Å². The van der Waals surface area contributed by atoms with Crippen LogP contribution in [0.15, 0.2) is 71.3 Å². The average Bonchev–Trinajstić information content (AvgIpc) is 3.36. The third-order valence-corrected chi connectivity index (χ3v) is 5.14. The highest BCUT2D eigenvalue weighted by molar-refractivity contribution is 6.33. The van der Waals surface area contributed by atoms with Crippen LogP contribution in [-0.4, -0.2) is 15.7 Å². The minimum Gasteiger partial charge on any atom is -0.484 e. The standard InChI is InChI=1S/C22H16Cl3N3O3/c23-15-7-5-14(6-8-15)11-28-12-18(25)21(27-28)26-22(29)20-10-9-16(31-20)13-30-19-4-2-1-3-17(19)24/h1-10,12H,11,13H2,(H,26,27,29). The predicted molar refractivity (Wildman–Crippen MR) is 120 cm³/mol. The Balaban J connectivity index is 1.38. The second-order valence-corrected chi connectivity index (χ2v) is 7.84. The fourth-order valence-corrected chi connectivity index (χ4v) is 3.31. The summed E-state index contributed by atoms with van der Waals surface area (Å²) in [4.78, 5) is 12.5. The van der Waals surface area contributed by atoms with Crippen LogP contribution in [-0.2, 0) is 13.2 Å². The first-order valence-corrected chi connectivity index (χ1v) is 10.4. The van der Waals surface area contributed by atoms with E-state index in [1.807, 2.05) is 24.3 Å². The Morgan fingerprint density at radius 3 is 2.55 bits per heavy atom. The van der Waals surface area contributed by atoms with Gasteiger partial charge in [0.15, 0.2) is 11.6 Å². The Bertz CT molecular complexity index is 1200. The van der Waals surface area contributed by atoms with Crippen LogP contribution < -0.4 is 10.1 Å². The van der Waals surface area contributed by atoms with Gasteiger partial charge in [-0.3, -0.25) is 9.48 Å². The fourth-order valence-electron chi connectivity index (χ4n) is 2.80. The van der Waals surface area contributed by atoms with Crippen LogP contribution >= 0.6 is 34.8 Å². The molecule has 0 saturated carbocycles. The van der Waals surface area contributed by atoms with Crippen molar-refractivity contribution in [2.24, 2.45) is 0 Å². The maximum absolute atomic E-state index is 12.5. The lowest BCUT2D eigenvalue weighted by Crippen LogP contribution is -2.12. The number of carbonyl (C=O) groups excluding carboxylic acids is 1. The smallest absolute Gasteiger partial charge is 0.292 e. The van der Waals surface area contributed by atoms with Crippen molar-refractivity contribution in [3.05, 3.63) is 99.0 Å².